The van der Waals surface area contributed by atoms with E-state index in [1.54, 1.807) is 30.3 Å². The molecule has 0 unspecified atom stereocenters. The number of aliphatic carboxylic acids is 1. The second-order valence-electron chi connectivity index (χ2n) is 2.36. The molecular formula is C9H8O3. The summed E-state index contributed by atoms with van der Waals surface area (Å²) in [5.41, 5.74) is 0.444. The van der Waals surface area contributed by atoms with E-state index in [-0.39, 0.29) is 5.78 Å². The maximum Gasteiger partial charge on any atom is 0.311 e. The number of hydrogen-bond acceptors (Lipinski definition) is 2. The van der Waals surface area contributed by atoms with Gasteiger partial charge >= 0.3 is 5.97 Å². The minimum atomic E-state index is -1.09. The minimum Gasteiger partial charge on any atom is -0.481 e. The lowest BCUT2D eigenvalue weighted by atomic mass is 10.3. The Hall–Kier alpha value is -1.64. The van der Waals surface area contributed by atoms with E-state index in [4.69, 9.17) is 5.11 Å². The first-order valence-corrected chi connectivity index (χ1v) is 3.50. The molecule has 1 N–H and O–H groups in total. The molecule has 3 nitrogen and oxygen atoms in total. The highest BCUT2D eigenvalue weighted by Gasteiger charge is 2.08. The number of rotatable bonds is 3. The zero-order chi connectivity index (χ0) is 8.97. The van der Waals surface area contributed by atoms with Gasteiger partial charge in [-0.05, 0) is 0 Å². The summed E-state index contributed by atoms with van der Waals surface area (Å²) in [6.45, 7) is 0. The Bertz CT molecular complexity index is 290. The van der Waals surface area contributed by atoms with Crippen molar-refractivity contribution in [3.63, 3.8) is 0 Å². The zero-order valence-electron chi connectivity index (χ0n) is 6.36. The van der Waals surface area contributed by atoms with Gasteiger partial charge in [-0.15, -0.1) is 0 Å². The van der Waals surface area contributed by atoms with Crippen LogP contribution >= 0.6 is 0 Å². The van der Waals surface area contributed by atoms with E-state index in [1.165, 1.54) is 0 Å². The van der Waals surface area contributed by atoms with Crippen molar-refractivity contribution < 1.29 is 14.7 Å². The van der Waals surface area contributed by atoms with Crippen LogP contribution in [-0.4, -0.2) is 16.9 Å². The molecule has 0 amide bonds. The lowest BCUT2D eigenvalue weighted by molar-refractivity contribution is -0.135. The fraction of sp³-hybridized carbons (Fsp3) is 0.111. The third-order valence-electron chi connectivity index (χ3n) is 1.41. The predicted octanol–water partition coefficient (Wildman–Crippen LogP) is 1.34. The van der Waals surface area contributed by atoms with Crippen molar-refractivity contribution in [3.8, 4) is 0 Å². The van der Waals surface area contributed by atoms with Crippen LogP contribution in [0.1, 0.15) is 16.8 Å². The largest absolute Gasteiger partial charge is 0.481 e. The smallest absolute Gasteiger partial charge is 0.311 e. The standard InChI is InChI=1S/C9H8O3/c10-8(6-9(11)12)7-4-2-1-3-5-7/h1-5H,6H2,(H,11,12)/i8+2. The Morgan fingerprint density at radius 3 is 2.42 bits per heavy atom. The van der Waals surface area contributed by atoms with E-state index in [2.05, 4.69) is 0 Å². The normalized spacial score (nSPS) is 9.33. The molecule has 3 heteroatoms. The number of ketones is 1. The average molecular weight is 166 g/mol. The van der Waals surface area contributed by atoms with Crippen molar-refractivity contribution in [2.45, 2.75) is 6.42 Å². The van der Waals surface area contributed by atoms with Crippen molar-refractivity contribution in [3.05, 3.63) is 35.9 Å². The molecule has 1 aromatic rings. The van der Waals surface area contributed by atoms with Crippen LogP contribution in [0.3, 0.4) is 0 Å². The molecule has 1 aromatic carbocycles. The van der Waals surface area contributed by atoms with Gasteiger partial charge in [-0.2, -0.15) is 0 Å². The van der Waals surface area contributed by atoms with Crippen LogP contribution in [-0.2, 0) is 4.79 Å². The minimum absolute atomic E-state index is 0.358. The molecule has 0 aliphatic carbocycles. The Labute approximate surface area is 69.6 Å². The maximum atomic E-state index is 11.1. The molecular weight excluding hydrogens is 158 g/mol. The fourth-order valence-corrected chi connectivity index (χ4v) is 0.863. The van der Waals surface area contributed by atoms with E-state index in [9.17, 15) is 9.59 Å². The summed E-state index contributed by atoms with van der Waals surface area (Å²) in [5, 5.41) is 8.32. The molecule has 0 aliphatic heterocycles. The van der Waals surface area contributed by atoms with Gasteiger partial charge in [0.25, 0.3) is 0 Å². The summed E-state index contributed by atoms with van der Waals surface area (Å²) in [7, 11) is 0. The van der Waals surface area contributed by atoms with Crippen molar-refractivity contribution in [1.82, 2.24) is 0 Å². The zero-order valence-corrected chi connectivity index (χ0v) is 6.36. The van der Waals surface area contributed by atoms with E-state index in [0.29, 0.717) is 5.56 Å². The number of carbonyl (C=O) groups excluding carboxylic acids is 1. The first kappa shape index (κ1) is 8.46. The molecule has 1 rings (SSSR count). The molecule has 0 spiro atoms. The van der Waals surface area contributed by atoms with E-state index in [1.807, 2.05) is 0 Å². The van der Waals surface area contributed by atoms with Crippen molar-refractivity contribution in [1.29, 1.82) is 0 Å². The highest BCUT2D eigenvalue weighted by molar-refractivity contribution is 6.05. The number of carbonyl (C=O) groups is 2. The van der Waals surface area contributed by atoms with E-state index >= 15 is 0 Å². The van der Waals surface area contributed by atoms with Crippen LogP contribution in [0, 0.1) is 0 Å². The molecule has 62 valence electrons. The summed E-state index contributed by atoms with van der Waals surface area (Å²) in [4.78, 5) is 21.2. The molecule has 12 heavy (non-hydrogen) atoms. The first-order valence-electron chi connectivity index (χ1n) is 3.50. The molecule has 0 saturated heterocycles. The number of benzene rings is 1. The second kappa shape index (κ2) is 3.67. The third-order valence-corrected chi connectivity index (χ3v) is 1.41. The SMILES string of the molecule is O=C(O)C[14C](=O)c1ccccc1. The molecule has 0 heterocycles. The Kier molecular flexibility index (Phi) is 2.58. The summed E-state index contributed by atoms with van der Waals surface area (Å²) < 4.78 is 0. The van der Waals surface area contributed by atoms with Crippen molar-refractivity contribution in [2.24, 2.45) is 0 Å². The van der Waals surface area contributed by atoms with Crippen LogP contribution in [0.5, 0.6) is 0 Å². The Balaban J connectivity index is 2.73. The number of hydrogen-bond donors (Lipinski definition) is 1. The van der Waals surface area contributed by atoms with Crippen molar-refractivity contribution in [2.75, 3.05) is 0 Å². The maximum absolute atomic E-state index is 11.1. The van der Waals surface area contributed by atoms with E-state index in [0.717, 1.165) is 0 Å². The quantitative estimate of drug-likeness (QED) is 0.544. The summed E-state index contributed by atoms with van der Waals surface area (Å²) >= 11 is 0. The van der Waals surface area contributed by atoms with Gasteiger partial charge in [0.1, 0.15) is 6.42 Å². The Morgan fingerprint density at radius 1 is 1.33 bits per heavy atom. The average Bonchev–Trinajstić information content (AvgIpc) is 2.05. The highest BCUT2D eigenvalue weighted by atomic mass is 16.4. The van der Waals surface area contributed by atoms with Gasteiger partial charge in [0, 0.05) is 5.56 Å². The van der Waals surface area contributed by atoms with Gasteiger partial charge < -0.3 is 5.11 Å². The summed E-state index contributed by atoms with van der Waals surface area (Å²) in [6, 6.07) is 8.39. The Morgan fingerprint density at radius 2 is 1.92 bits per heavy atom. The number of carboxylic acid groups (broad SMARTS) is 1. The second-order valence-corrected chi connectivity index (χ2v) is 2.36. The van der Waals surface area contributed by atoms with Gasteiger partial charge in [-0.3, -0.25) is 9.59 Å². The molecule has 0 radical (unpaired) electrons. The molecule has 0 bridgehead atoms. The molecule has 0 saturated carbocycles. The molecule has 0 atom stereocenters. The molecule has 0 aliphatic rings. The lowest BCUT2D eigenvalue weighted by Crippen LogP contribution is -2.06. The van der Waals surface area contributed by atoms with Gasteiger partial charge in [0.05, 0.1) is 0 Å². The van der Waals surface area contributed by atoms with Gasteiger partial charge in [-0.1, -0.05) is 30.3 Å². The van der Waals surface area contributed by atoms with Crippen molar-refractivity contribution >= 4 is 11.8 Å². The van der Waals surface area contributed by atoms with Crippen LogP contribution in [0.2, 0.25) is 0 Å². The summed E-state index contributed by atoms with van der Waals surface area (Å²) in [5.74, 6) is -1.45. The number of carboxylic acids is 1. The van der Waals surface area contributed by atoms with Gasteiger partial charge in [0.15, 0.2) is 5.78 Å². The van der Waals surface area contributed by atoms with Crippen LogP contribution in [0.15, 0.2) is 30.3 Å². The molecule has 0 aromatic heterocycles. The monoisotopic (exact) mass is 166 g/mol. The first-order chi connectivity index (χ1) is 5.70. The van der Waals surface area contributed by atoms with Crippen LogP contribution < -0.4 is 0 Å². The van der Waals surface area contributed by atoms with Crippen LogP contribution in [0.25, 0.3) is 0 Å². The topological polar surface area (TPSA) is 54.4 Å². The molecule has 0 fully saturated rings. The van der Waals surface area contributed by atoms with Gasteiger partial charge in [0.2, 0.25) is 0 Å². The third kappa shape index (κ3) is 2.20. The summed E-state index contributed by atoms with van der Waals surface area (Å²) in [6.07, 6.45) is -0.440. The lowest BCUT2D eigenvalue weighted by Gasteiger charge is -1.95. The predicted molar refractivity (Wildman–Crippen MR) is 43.0 cm³/mol. The fourth-order valence-electron chi connectivity index (χ4n) is 0.863. The van der Waals surface area contributed by atoms with Gasteiger partial charge in [-0.25, -0.2) is 0 Å². The number of Topliss-reactive ketones (excluding diaryl/α,β-unsaturated/α-hetero) is 1. The van der Waals surface area contributed by atoms with E-state index < -0.39 is 12.4 Å². The van der Waals surface area contributed by atoms with Crippen LogP contribution in [0.4, 0.5) is 0 Å². The highest BCUT2D eigenvalue weighted by Crippen LogP contribution is 2.02.